The molecule has 0 bridgehead atoms. The molecule has 2 heterocycles. The number of hydrogen-bond donors (Lipinski definition) is 1. The van der Waals surface area contributed by atoms with Crippen LogP contribution in [0, 0.1) is 5.92 Å². The first-order valence-electron chi connectivity index (χ1n) is 8.33. The summed E-state index contributed by atoms with van der Waals surface area (Å²) in [6, 6.07) is 5.99. The van der Waals surface area contributed by atoms with E-state index in [1.54, 1.807) is 7.11 Å². The van der Waals surface area contributed by atoms with Crippen LogP contribution < -0.4 is 14.8 Å². The van der Waals surface area contributed by atoms with E-state index in [9.17, 15) is 4.79 Å². The minimum Gasteiger partial charge on any atom is -0.497 e. The molecule has 1 aromatic rings. The molecular weight excluding hydrogens is 304 g/mol. The highest BCUT2D eigenvalue weighted by atomic mass is 16.5. The monoisotopic (exact) mass is 330 g/mol. The number of nitrogens with one attached hydrogen (secondary N) is 1. The van der Waals surface area contributed by atoms with Gasteiger partial charge >= 0.3 is 0 Å². The third-order valence-corrected chi connectivity index (χ3v) is 4.49. The van der Waals surface area contributed by atoms with Crippen LogP contribution in [0.5, 0.6) is 11.5 Å². The summed E-state index contributed by atoms with van der Waals surface area (Å²) in [5, 5.41) is 3.09. The van der Waals surface area contributed by atoms with Gasteiger partial charge in [0.1, 0.15) is 18.1 Å². The first kappa shape index (κ1) is 16.8. The minimum absolute atomic E-state index is 0.0660. The second kappa shape index (κ2) is 6.13. The molecule has 0 aromatic heterocycles. The van der Waals surface area contributed by atoms with Crippen molar-refractivity contribution >= 4 is 11.5 Å². The zero-order valence-electron chi connectivity index (χ0n) is 15.1. The molecule has 2 aliphatic rings. The fourth-order valence-electron chi connectivity index (χ4n) is 3.32. The Labute approximate surface area is 143 Å². The van der Waals surface area contributed by atoms with Gasteiger partial charge in [-0.1, -0.05) is 6.08 Å². The molecular formula is C19H26N2O3. The van der Waals surface area contributed by atoms with Gasteiger partial charge in [-0.15, -0.1) is 0 Å². The van der Waals surface area contributed by atoms with Crippen LogP contribution in [0.15, 0.2) is 24.3 Å². The maximum atomic E-state index is 12.6. The molecule has 0 spiro atoms. The summed E-state index contributed by atoms with van der Waals surface area (Å²) in [4.78, 5) is 14.8. The van der Waals surface area contributed by atoms with Gasteiger partial charge in [0.15, 0.2) is 0 Å². The smallest absolute Gasteiger partial charge is 0.228 e. The molecule has 0 saturated heterocycles. The second-order valence-electron chi connectivity index (χ2n) is 7.60. The third-order valence-electron chi connectivity index (χ3n) is 4.49. The van der Waals surface area contributed by atoms with Crippen molar-refractivity contribution in [3.8, 4) is 11.5 Å². The lowest BCUT2D eigenvalue weighted by Crippen LogP contribution is -2.51. The van der Waals surface area contributed by atoms with Crippen molar-refractivity contribution in [2.75, 3.05) is 27.3 Å². The van der Waals surface area contributed by atoms with Crippen LogP contribution in [-0.4, -0.2) is 49.7 Å². The number of fused-ring (bicyclic) bond motifs is 3. The number of carbonyl (C=O) groups is 1. The number of hydrogen-bond acceptors (Lipinski definition) is 4. The van der Waals surface area contributed by atoms with Crippen LogP contribution in [0.4, 0.5) is 0 Å². The highest BCUT2D eigenvalue weighted by Crippen LogP contribution is 2.40. The Morgan fingerprint density at radius 1 is 1.38 bits per heavy atom. The van der Waals surface area contributed by atoms with E-state index in [1.165, 1.54) is 0 Å². The van der Waals surface area contributed by atoms with E-state index in [0.717, 1.165) is 22.6 Å². The lowest BCUT2D eigenvalue weighted by molar-refractivity contribution is -0.125. The Morgan fingerprint density at radius 3 is 2.79 bits per heavy atom. The molecule has 2 aliphatic heterocycles. The molecule has 1 N–H and O–H groups in total. The largest absolute Gasteiger partial charge is 0.497 e. The minimum atomic E-state index is -0.234. The summed E-state index contributed by atoms with van der Waals surface area (Å²) in [5.41, 5.74) is 1.94. The Kier molecular flexibility index (Phi) is 4.30. The SMILES string of the molecule is COc1ccc2c(c1)C1=C[C@@H](C(=O)NC(C)(C)C)CN(C)[C@@H]1CO2. The number of carbonyl (C=O) groups excluding carboxylic acids is 1. The van der Waals surface area contributed by atoms with Crippen LogP contribution in [0.25, 0.3) is 5.57 Å². The third kappa shape index (κ3) is 3.26. The number of nitrogens with zero attached hydrogens (tertiary/aromatic N) is 1. The maximum Gasteiger partial charge on any atom is 0.228 e. The van der Waals surface area contributed by atoms with Crippen LogP contribution >= 0.6 is 0 Å². The Bertz CT molecular complexity index is 676. The normalized spacial score (nSPS) is 23.5. The molecule has 2 atom stereocenters. The van der Waals surface area contributed by atoms with E-state index in [-0.39, 0.29) is 23.4 Å². The van der Waals surface area contributed by atoms with Gasteiger partial charge in [0, 0.05) is 17.6 Å². The first-order chi connectivity index (χ1) is 11.3. The summed E-state index contributed by atoms with van der Waals surface area (Å²) in [7, 11) is 3.70. The Morgan fingerprint density at radius 2 is 2.12 bits per heavy atom. The predicted molar refractivity (Wildman–Crippen MR) is 94.3 cm³/mol. The predicted octanol–water partition coefficient (Wildman–Crippen LogP) is 2.32. The van der Waals surface area contributed by atoms with E-state index in [4.69, 9.17) is 9.47 Å². The number of rotatable bonds is 2. The number of ether oxygens (including phenoxy) is 2. The Balaban J connectivity index is 1.97. The molecule has 0 saturated carbocycles. The van der Waals surface area contributed by atoms with Crippen molar-refractivity contribution in [2.45, 2.75) is 32.4 Å². The van der Waals surface area contributed by atoms with E-state index >= 15 is 0 Å². The molecule has 1 amide bonds. The van der Waals surface area contributed by atoms with Crippen LogP contribution in [0.2, 0.25) is 0 Å². The average molecular weight is 330 g/mol. The van der Waals surface area contributed by atoms with Gasteiger partial charge in [0.25, 0.3) is 0 Å². The summed E-state index contributed by atoms with van der Waals surface area (Å²) in [6.45, 7) is 7.31. The van der Waals surface area contributed by atoms with Gasteiger partial charge in [0.2, 0.25) is 5.91 Å². The van der Waals surface area contributed by atoms with E-state index in [2.05, 4.69) is 16.3 Å². The molecule has 0 radical (unpaired) electrons. The zero-order chi connectivity index (χ0) is 17.5. The Hall–Kier alpha value is -2.01. The molecule has 0 aliphatic carbocycles. The number of methoxy groups -OCH3 is 1. The number of amides is 1. The van der Waals surface area contributed by atoms with Crippen LogP contribution in [0.3, 0.4) is 0 Å². The van der Waals surface area contributed by atoms with Gasteiger partial charge < -0.3 is 14.8 Å². The van der Waals surface area contributed by atoms with E-state index in [0.29, 0.717) is 13.2 Å². The maximum absolute atomic E-state index is 12.6. The van der Waals surface area contributed by atoms with Gasteiger partial charge in [0.05, 0.1) is 19.1 Å². The quantitative estimate of drug-likeness (QED) is 0.904. The number of likely N-dealkylation sites (N-methyl/N-ethyl adjacent to an activating group) is 1. The van der Waals surface area contributed by atoms with Crippen molar-refractivity contribution < 1.29 is 14.3 Å². The second-order valence-corrected chi connectivity index (χ2v) is 7.60. The van der Waals surface area contributed by atoms with Gasteiger partial charge in [-0.25, -0.2) is 0 Å². The van der Waals surface area contributed by atoms with Crippen molar-refractivity contribution in [1.29, 1.82) is 0 Å². The first-order valence-corrected chi connectivity index (χ1v) is 8.33. The molecule has 5 nitrogen and oxygen atoms in total. The molecule has 130 valence electrons. The summed E-state index contributed by atoms with van der Waals surface area (Å²) < 4.78 is 11.3. The van der Waals surface area contributed by atoms with Gasteiger partial charge in [-0.05, 0) is 51.6 Å². The topological polar surface area (TPSA) is 50.8 Å². The molecule has 24 heavy (non-hydrogen) atoms. The van der Waals surface area contributed by atoms with Gasteiger partial charge in [-0.3, -0.25) is 9.69 Å². The number of benzene rings is 1. The average Bonchev–Trinajstić information content (AvgIpc) is 2.52. The van der Waals surface area contributed by atoms with Crippen molar-refractivity contribution in [3.63, 3.8) is 0 Å². The standard InChI is InChI=1S/C19H26N2O3/c1-19(2,3)20-18(22)12-8-14-15-9-13(23-5)6-7-17(15)24-11-16(14)21(4)10-12/h6-9,12,16H,10-11H2,1-5H3,(H,20,22)/t12-,16-/m1/s1. The molecule has 5 heteroatoms. The summed E-state index contributed by atoms with van der Waals surface area (Å²) in [6.07, 6.45) is 2.10. The van der Waals surface area contributed by atoms with Crippen molar-refractivity contribution in [2.24, 2.45) is 5.92 Å². The summed E-state index contributed by atoms with van der Waals surface area (Å²) >= 11 is 0. The highest BCUT2D eigenvalue weighted by molar-refractivity contribution is 5.86. The molecule has 0 unspecified atom stereocenters. The molecule has 3 rings (SSSR count). The fraction of sp³-hybridized carbons (Fsp3) is 0.526. The van der Waals surface area contributed by atoms with Gasteiger partial charge in [-0.2, -0.15) is 0 Å². The van der Waals surface area contributed by atoms with Crippen LogP contribution in [0.1, 0.15) is 26.3 Å². The van der Waals surface area contributed by atoms with Crippen molar-refractivity contribution in [3.05, 3.63) is 29.8 Å². The molecule has 0 fully saturated rings. The van der Waals surface area contributed by atoms with Crippen LogP contribution in [-0.2, 0) is 4.79 Å². The summed E-state index contributed by atoms with van der Waals surface area (Å²) in [5.74, 6) is 1.54. The zero-order valence-corrected chi connectivity index (χ0v) is 15.1. The highest BCUT2D eigenvalue weighted by Gasteiger charge is 2.36. The van der Waals surface area contributed by atoms with Crippen molar-refractivity contribution in [1.82, 2.24) is 10.2 Å². The van der Waals surface area contributed by atoms with E-state index in [1.807, 2.05) is 46.0 Å². The lowest BCUT2D eigenvalue weighted by atomic mass is 9.86. The van der Waals surface area contributed by atoms with E-state index < -0.39 is 0 Å². The molecule has 1 aromatic carbocycles. The lowest BCUT2D eigenvalue weighted by Gasteiger charge is -2.40. The fourth-order valence-corrected chi connectivity index (χ4v) is 3.32.